The molecular weight excluding hydrogens is 182 g/mol. The number of hydrogen-bond acceptors (Lipinski definition) is 1. The van der Waals surface area contributed by atoms with E-state index in [1.54, 1.807) is 0 Å². The topological polar surface area (TPSA) is 26.0 Å². The van der Waals surface area contributed by atoms with Crippen LogP contribution in [0, 0.1) is 5.41 Å². The minimum Gasteiger partial charge on any atom is -0.402 e. The fourth-order valence-electron chi connectivity index (χ4n) is 2.19. The SMILES string of the molecule is CC1(C)CC(N)=CC=C1c1ccccc1. The van der Waals surface area contributed by atoms with Gasteiger partial charge in [-0.15, -0.1) is 0 Å². The summed E-state index contributed by atoms with van der Waals surface area (Å²) < 4.78 is 0. The van der Waals surface area contributed by atoms with Crippen LogP contribution in [0.4, 0.5) is 0 Å². The Hall–Kier alpha value is -1.50. The van der Waals surface area contributed by atoms with E-state index in [1.165, 1.54) is 11.1 Å². The third kappa shape index (κ3) is 1.96. The van der Waals surface area contributed by atoms with E-state index in [9.17, 15) is 0 Å². The van der Waals surface area contributed by atoms with Crippen LogP contribution >= 0.6 is 0 Å². The molecule has 78 valence electrons. The first kappa shape index (κ1) is 10.0. The molecule has 0 unspecified atom stereocenters. The highest BCUT2D eigenvalue weighted by atomic mass is 14.6. The van der Waals surface area contributed by atoms with E-state index >= 15 is 0 Å². The molecule has 0 radical (unpaired) electrons. The Balaban J connectivity index is 2.45. The number of hydrogen-bond donors (Lipinski definition) is 1. The summed E-state index contributed by atoms with van der Waals surface area (Å²) in [6.07, 6.45) is 5.11. The zero-order valence-electron chi connectivity index (χ0n) is 9.33. The van der Waals surface area contributed by atoms with Gasteiger partial charge in [0.15, 0.2) is 0 Å². The summed E-state index contributed by atoms with van der Waals surface area (Å²) >= 11 is 0. The van der Waals surface area contributed by atoms with E-state index in [0.717, 1.165) is 12.1 Å². The molecular formula is C14H17N. The van der Waals surface area contributed by atoms with Crippen LogP contribution in [0.3, 0.4) is 0 Å². The van der Waals surface area contributed by atoms with E-state index < -0.39 is 0 Å². The van der Waals surface area contributed by atoms with Crippen LogP contribution in [0.5, 0.6) is 0 Å². The van der Waals surface area contributed by atoms with Gasteiger partial charge in [0.05, 0.1) is 0 Å². The van der Waals surface area contributed by atoms with Crippen molar-refractivity contribution in [3.05, 3.63) is 53.7 Å². The fraction of sp³-hybridized carbons (Fsp3) is 0.286. The Morgan fingerprint density at radius 2 is 1.73 bits per heavy atom. The second-order valence-corrected chi connectivity index (χ2v) is 4.75. The van der Waals surface area contributed by atoms with E-state index in [0.29, 0.717) is 0 Å². The Morgan fingerprint density at radius 3 is 2.33 bits per heavy atom. The lowest BCUT2D eigenvalue weighted by Crippen LogP contribution is -2.20. The lowest BCUT2D eigenvalue weighted by molar-refractivity contribution is 0.488. The average molecular weight is 199 g/mol. The monoisotopic (exact) mass is 199 g/mol. The van der Waals surface area contributed by atoms with E-state index in [2.05, 4.69) is 44.2 Å². The molecule has 1 heteroatoms. The molecule has 1 aromatic rings. The molecule has 15 heavy (non-hydrogen) atoms. The molecule has 0 saturated carbocycles. The van der Waals surface area contributed by atoms with Crippen molar-refractivity contribution in [1.82, 2.24) is 0 Å². The van der Waals surface area contributed by atoms with Crippen molar-refractivity contribution in [2.24, 2.45) is 11.1 Å². The molecule has 1 aliphatic carbocycles. The third-order valence-electron chi connectivity index (χ3n) is 2.92. The number of allylic oxidation sites excluding steroid dienone is 4. The van der Waals surface area contributed by atoms with Crippen LogP contribution in [0.25, 0.3) is 5.57 Å². The first-order valence-corrected chi connectivity index (χ1v) is 5.32. The van der Waals surface area contributed by atoms with E-state index in [4.69, 9.17) is 5.73 Å². The van der Waals surface area contributed by atoms with Gasteiger partial charge in [0, 0.05) is 5.70 Å². The summed E-state index contributed by atoms with van der Waals surface area (Å²) in [5, 5.41) is 0. The van der Waals surface area contributed by atoms with Crippen LogP contribution in [0.1, 0.15) is 25.8 Å². The molecule has 0 heterocycles. The van der Waals surface area contributed by atoms with Gasteiger partial charge in [-0.25, -0.2) is 0 Å². The Bertz CT molecular complexity index is 410. The van der Waals surface area contributed by atoms with Crippen molar-refractivity contribution >= 4 is 5.57 Å². The van der Waals surface area contributed by atoms with Gasteiger partial charge in [-0.2, -0.15) is 0 Å². The van der Waals surface area contributed by atoms with Gasteiger partial charge in [0.2, 0.25) is 0 Å². The zero-order valence-corrected chi connectivity index (χ0v) is 9.33. The van der Waals surface area contributed by atoms with Gasteiger partial charge in [-0.1, -0.05) is 50.3 Å². The van der Waals surface area contributed by atoms with Crippen molar-refractivity contribution in [1.29, 1.82) is 0 Å². The molecule has 1 aliphatic rings. The largest absolute Gasteiger partial charge is 0.402 e. The predicted molar refractivity (Wildman–Crippen MR) is 65.1 cm³/mol. The number of benzene rings is 1. The molecule has 1 aromatic carbocycles. The van der Waals surface area contributed by atoms with Crippen molar-refractivity contribution in [3.63, 3.8) is 0 Å². The molecule has 2 rings (SSSR count). The maximum Gasteiger partial charge on any atom is 0.00893 e. The zero-order chi connectivity index (χ0) is 10.9. The highest BCUT2D eigenvalue weighted by Crippen LogP contribution is 2.41. The lowest BCUT2D eigenvalue weighted by Gasteiger charge is -2.31. The van der Waals surface area contributed by atoms with Crippen LogP contribution in [0.15, 0.2) is 48.2 Å². The average Bonchev–Trinajstić information content (AvgIpc) is 2.17. The van der Waals surface area contributed by atoms with Gasteiger partial charge < -0.3 is 5.73 Å². The molecule has 0 spiro atoms. The van der Waals surface area contributed by atoms with Gasteiger partial charge in [-0.3, -0.25) is 0 Å². The summed E-state index contributed by atoms with van der Waals surface area (Å²) in [6.45, 7) is 4.48. The van der Waals surface area contributed by atoms with Gasteiger partial charge in [0.1, 0.15) is 0 Å². The highest BCUT2D eigenvalue weighted by molar-refractivity contribution is 5.72. The van der Waals surface area contributed by atoms with E-state index in [-0.39, 0.29) is 5.41 Å². The molecule has 0 aliphatic heterocycles. The lowest BCUT2D eigenvalue weighted by atomic mass is 9.74. The fourth-order valence-corrected chi connectivity index (χ4v) is 2.19. The first-order chi connectivity index (χ1) is 7.09. The maximum absolute atomic E-state index is 5.87. The number of nitrogens with two attached hydrogens (primary N) is 1. The minimum absolute atomic E-state index is 0.139. The van der Waals surface area contributed by atoms with Crippen molar-refractivity contribution in [2.75, 3.05) is 0 Å². The standard InChI is InChI=1S/C14H17N/c1-14(2)10-12(15)8-9-13(14)11-6-4-3-5-7-11/h3-9H,10,15H2,1-2H3. The molecule has 0 saturated heterocycles. The summed E-state index contributed by atoms with van der Waals surface area (Å²) in [5.41, 5.74) is 9.65. The first-order valence-electron chi connectivity index (χ1n) is 5.32. The molecule has 0 atom stereocenters. The second-order valence-electron chi connectivity index (χ2n) is 4.75. The van der Waals surface area contributed by atoms with Crippen LogP contribution in [-0.4, -0.2) is 0 Å². The van der Waals surface area contributed by atoms with Gasteiger partial charge in [-0.05, 0) is 29.0 Å². The summed E-state index contributed by atoms with van der Waals surface area (Å²) in [7, 11) is 0. The predicted octanol–water partition coefficient (Wildman–Crippen LogP) is 3.34. The molecule has 1 nitrogen and oxygen atoms in total. The summed E-state index contributed by atoms with van der Waals surface area (Å²) in [6, 6.07) is 10.5. The molecule has 0 bridgehead atoms. The minimum atomic E-state index is 0.139. The molecule has 0 fully saturated rings. The molecule has 0 amide bonds. The smallest absolute Gasteiger partial charge is 0.00893 e. The normalized spacial score (nSPS) is 19.3. The van der Waals surface area contributed by atoms with Crippen LogP contribution < -0.4 is 5.73 Å². The quantitative estimate of drug-likeness (QED) is 0.737. The molecule has 2 N–H and O–H groups in total. The summed E-state index contributed by atoms with van der Waals surface area (Å²) in [4.78, 5) is 0. The maximum atomic E-state index is 5.87. The Morgan fingerprint density at radius 1 is 1.07 bits per heavy atom. The Kier molecular flexibility index (Phi) is 2.39. The Labute approximate surface area is 91.3 Å². The van der Waals surface area contributed by atoms with Crippen molar-refractivity contribution in [3.8, 4) is 0 Å². The van der Waals surface area contributed by atoms with Crippen LogP contribution in [-0.2, 0) is 0 Å². The van der Waals surface area contributed by atoms with E-state index in [1.807, 2.05) is 12.1 Å². The van der Waals surface area contributed by atoms with Gasteiger partial charge in [0.25, 0.3) is 0 Å². The van der Waals surface area contributed by atoms with Crippen molar-refractivity contribution < 1.29 is 0 Å². The van der Waals surface area contributed by atoms with Crippen LogP contribution in [0.2, 0.25) is 0 Å². The second kappa shape index (κ2) is 3.58. The molecule has 0 aromatic heterocycles. The third-order valence-corrected chi connectivity index (χ3v) is 2.92. The number of rotatable bonds is 1. The van der Waals surface area contributed by atoms with Crippen molar-refractivity contribution in [2.45, 2.75) is 20.3 Å². The highest BCUT2D eigenvalue weighted by Gasteiger charge is 2.26. The van der Waals surface area contributed by atoms with Gasteiger partial charge >= 0.3 is 0 Å². The summed E-state index contributed by atoms with van der Waals surface area (Å²) in [5.74, 6) is 0.